The quantitative estimate of drug-likeness (QED) is 0.0275. The average Bonchev–Trinajstić information content (AvgIpc) is 1.75. The number of anilines is 1. The lowest BCUT2D eigenvalue weighted by Crippen LogP contribution is -2.68. The third-order valence-corrected chi connectivity index (χ3v) is 22.1. The van der Waals surface area contributed by atoms with Crippen LogP contribution in [0, 0.1) is 0 Å². The highest BCUT2D eigenvalue weighted by Crippen LogP contribution is 2.48. The topological polar surface area (TPSA) is 753 Å². The zero-order valence-corrected chi connectivity index (χ0v) is 62.1. The summed E-state index contributed by atoms with van der Waals surface area (Å²) in [6.07, 6.45) is -78.4. The highest BCUT2D eigenvalue weighted by atomic mass is 32.2. The van der Waals surface area contributed by atoms with Crippen molar-refractivity contribution in [3.63, 3.8) is 0 Å². The number of aliphatic hydroxyl groups is 20. The number of phosphoric acid groups is 1. The van der Waals surface area contributed by atoms with Crippen LogP contribution < -0.4 is 22.1 Å². The lowest BCUT2D eigenvalue weighted by atomic mass is 9.95. The van der Waals surface area contributed by atoms with Gasteiger partial charge in [-0.2, -0.15) is 25.5 Å². The second-order valence-corrected chi connectivity index (χ2v) is 30.3. The molecule has 0 aliphatic carbocycles. The summed E-state index contributed by atoms with van der Waals surface area (Å²) >= 11 is 0.836. The lowest BCUT2D eigenvalue weighted by molar-refractivity contribution is -0.395. The number of aliphatic hydroxyl groups excluding tert-OH is 20. The fourth-order valence-electron chi connectivity index (χ4n) is 13.7. The van der Waals surface area contributed by atoms with E-state index in [4.69, 9.17) is 81.5 Å². The molecule has 23 heterocycles. The number of nitrogens with zero attached hydrogens (tertiary/aromatic N) is 2. The van der Waals surface area contributed by atoms with Gasteiger partial charge in [-0.3, -0.25) is 18.7 Å². The Bertz CT molecular complexity index is 3420. The van der Waals surface area contributed by atoms with Gasteiger partial charge in [-0.25, -0.2) is 18.7 Å². The summed E-state index contributed by atoms with van der Waals surface area (Å²) in [7, 11) is -3.93. The minimum absolute atomic E-state index is 0.263. The second kappa shape index (κ2) is 40.3. The number of alkyl halides is 2. The van der Waals surface area contributed by atoms with Gasteiger partial charge in [0.25, 0.3) is 0 Å². The van der Waals surface area contributed by atoms with Crippen LogP contribution in [0.5, 0.6) is 0 Å². The number of nitrogens with two attached hydrogens (primary N) is 1. The number of likely N-dealkylation sites (N-methyl/N-ethyl adjacent to an activating group) is 1. The first kappa shape index (κ1) is 93.2. The van der Waals surface area contributed by atoms with Gasteiger partial charge in [-0.05, 0) is 20.0 Å². The molecule has 54 heteroatoms. The third kappa shape index (κ3) is 21.0. The van der Waals surface area contributed by atoms with Crippen LogP contribution in [0.4, 0.5) is 14.6 Å². The molecule has 0 radical (unpaired) electrons. The van der Waals surface area contributed by atoms with Crippen molar-refractivity contribution in [1.29, 1.82) is 0 Å². The summed E-state index contributed by atoms with van der Waals surface area (Å²) in [6, 6.07) is -0.209. The van der Waals surface area contributed by atoms with E-state index in [0.717, 1.165) is 24.0 Å². The van der Waals surface area contributed by atoms with Gasteiger partial charge in [-0.1, -0.05) is 0 Å². The van der Waals surface area contributed by atoms with E-state index >= 15 is 0 Å². The maximum Gasteiger partial charge on any atom is 0.475 e. The van der Waals surface area contributed by atoms with Gasteiger partial charge in [0.15, 0.2) is 56.7 Å². The van der Waals surface area contributed by atoms with E-state index in [-0.39, 0.29) is 11.6 Å². The molecular weight excluding hydrogens is 1620 g/mol. The molecule has 660 valence electrons. The number of amides is 1. The van der Waals surface area contributed by atoms with Crippen molar-refractivity contribution in [1.82, 2.24) is 20.2 Å². The summed E-state index contributed by atoms with van der Waals surface area (Å²) < 4.78 is 148. The molecule has 22 fully saturated rings. The van der Waals surface area contributed by atoms with E-state index < -0.39 is 348 Å². The van der Waals surface area contributed by atoms with E-state index in [2.05, 4.69) is 29.4 Å². The van der Waals surface area contributed by atoms with E-state index in [1.807, 2.05) is 0 Å². The van der Waals surface area contributed by atoms with Gasteiger partial charge in [0.2, 0.25) is 18.9 Å². The normalized spacial score (nSPS) is 44.7. The van der Waals surface area contributed by atoms with Crippen LogP contribution in [0.3, 0.4) is 0 Å². The Labute approximate surface area is 651 Å². The number of nitrogens with one attached hydrogen (secondary N) is 2. The third-order valence-electron chi connectivity index (χ3n) is 20.1. The second-order valence-electron chi connectivity index (χ2n) is 27.7. The fourth-order valence-corrected chi connectivity index (χ4v) is 15.5. The number of carbonyl (C=O) groups excluding carboxylic acids is 3. The maximum atomic E-state index is 14.9. The zero-order valence-electron chi connectivity index (χ0n) is 60.4. The number of hydrogen-bond donors (Lipinski definition) is 24. The molecule has 1 aromatic heterocycles. The van der Waals surface area contributed by atoms with Crippen molar-refractivity contribution in [2.75, 3.05) is 83.9 Å². The molecular formula is C61H96F2N5O45PS. The van der Waals surface area contributed by atoms with Crippen molar-refractivity contribution in [2.24, 2.45) is 0 Å². The van der Waals surface area contributed by atoms with Crippen LogP contribution in [-0.2, 0) is 109 Å². The summed E-state index contributed by atoms with van der Waals surface area (Å²) in [4.78, 5) is 64.0. The van der Waals surface area contributed by atoms with Crippen LogP contribution in [0.2, 0.25) is 0 Å². The van der Waals surface area contributed by atoms with E-state index in [1.165, 1.54) is 14.0 Å². The number of ether oxygens (including phenoxy) is 17. The molecule has 1 aromatic rings. The highest BCUT2D eigenvalue weighted by molar-refractivity contribution is 7.99. The van der Waals surface area contributed by atoms with Gasteiger partial charge in [0.1, 0.15) is 171 Å². The molecule has 22 saturated heterocycles. The van der Waals surface area contributed by atoms with E-state index in [0.29, 0.717) is 4.57 Å². The minimum atomic E-state index is -5.26. The largest absolute Gasteiger partial charge is 0.475 e. The maximum absolute atomic E-state index is 14.9. The Morgan fingerprint density at radius 3 is 1.28 bits per heavy atom. The molecule has 40 atom stereocenters. The standard InChI is InChI=1S/C61H96F2N5O45PS/c1-17-43-29(76)36(83)52(99-17)108-44-19(7-69)101-54(38(85)31(44)78)111-47-22(10-72)104-57(41(88)34(47)81)113-49-25(15-115-14-18(65-2)51(91)66-5-3-27(74)95-13-28(75)96-16-98-114(93,94)97-12-24-50(90)61(62,63)59(106-24)68-6-4-26(64)67-60(68)92)105-58(42(89)35(49)82)112-48-23(11-73)103-56(40(87)33(48)80)110-46-21(9-71)102-55(39(86)32(46)79)109-45-20(8-70)100-53(107-43)37(84)30(45)77/h4,6,17-25,29-50,52-59,65,69-73,76-90H,3,5,7-16H2,1-2H3,(H,66,91)(H,93,94)(H2,64,67,92)/t17?,18-,19?,20?,21?,22?,23?,24-,25?,29-,30-,31-,32-,33-,34-,35-,36?,37?,38?,39?,40?,41?,42?,43+,44-,45-,46-,47-,48-,49-,50-,52-,53+,54+,55-,56-,57+,58+,59-/m1/s1. The molecule has 14 bridgehead atoms. The summed E-state index contributed by atoms with van der Waals surface area (Å²) in [6.45, 7) is -8.40. The van der Waals surface area contributed by atoms with Crippen molar-refractivity contribution in [3.8, 4) is 0 Å². The molecule has 23 rings (SSSR count). The Balaban J connectivity index is 0.800. The van der Waals surface area contributed by atoms with E-state index in [9.17, 15) is 140 Å². The number of esters is 2. The number of aromatic nitrogens is 2. The van der Waals surface area contributed by atoms with Gasteiger partial charge in [0.05, 0.1) is 64.3 Å². The number of halogens is 2. The molecule has 0 saturated carbocycles. The van der Waals surface area contributed by atoms with Crippen LogP contribution in [0.15, 0.2) is 17.1 Å². The summed E-state index contributed by atoms with van der Waals surface area (Å²) in [5.74, 6) is -8.48. The molecule has 22 aliphatic rings. The first-order chi connectivity index (χ1) is 54.4. The van der Waals surface area contributed by atoms with Crippen molar-refractivity contribution in [3.05, 3.63) is 22.7 Å². The zero-order chi connectivity index (χ0) is 84.1. The van der Waals surface area contributed by atoms with E-state index in [1.54, 1.807) is 0 Å². The Morgan fingerprint density at radius 1 is 0.530 bits per heavy atom. The number of rotatable bonds is 23. The van der Waals surface area contributed by atoms with Gasteiger partial charge >= 0.3 is 31.4 Å². The Kier molecular flexibility index (Phi) is 32.7. The number of hydrogen-bond acceptors (Lipinski definition) is 48. The SMILES string of the molecule is CN[C@H](CSCC1O[C@H]2O[C@@H]3C(CO)O[C@H](O[C@@H]4C(CO)O[C@H](O[C@@H]5C(CO)O[C@@H](O[C@H]6C(C)O[C@H](O[C@@H]7C(CO)O[C@@H](O[C@@H]8C(CO)O[C@@H](O[C@H]1[C@H](O)C2O)C(O)[C@H]8O)C(O)[C@H]7O)C(O)[C@H]6O)C(O)[C@H]5O)C(O)[C@H]4O)C(O)[C@H]3O)C(=O)NCCC(=O)OCC(=O)OCOP(=O)(O)OC[C@H]1O[C@@H](n2ccc(N)nc2=O)C(F)(F)[C@@H]1O. The van der Waals surface area contributed by atoms with Gasteiger partial charge in [-0.15, -0.1) is 0 Å². The predicted molar refractivity (Wildman–Crippen MR) is 354 cm³/mol. The number of nitrogen functional groups attached to an aromatic ring is 1. The number of carbonyl (C=O) groups is 3. The number of phosphoric ester groups is 1. The first-order valence-electron chi connectivity index (χ1n) is 35.7. The Morgan fingerprint density at radius 2 is 0.896 bits per heavy atom. The van der Waals surface area contributed by atoms with Crippen LogP contribution in [-0.4, -0.2) is 452 Å². The average molecular weight is 1720 g/mol. The molecule has 25 N–H and O–H groups in total. The molecule has 22 aliphatic heterocycles. The van der Waals surface area contributed by atoms with Crippen molar-refractivity contribution in [2.45, 2.75) is 259 Å². The van der Waals surface area contributed by atoms with Crippen LogP contribution in [0.1, 0.15) is 19.6 Å². The van der Waals surface area contributed by atoms with Crippen LogP contribution in [0.25, 0.3) is 0 Å². The van der Waals surface area contributed by atoms with Crippen molar-refractivity contribution >= 4 is 43.2 Å². The van der Waals surface area contributed by atoms with Crippen molar-refractivity contribution < 1.29 is 224 Å². The first-order valence-corrected chi connectivity index (χ1v) is 38.3. The summed E-state index contributed by atoms with van der Waals surface area (Å²) in [5.41, 5.74) is 4.10. The minimum Gasteiger partial charge on any atom is -0.454 e. The fraction of sp³-hybridized carbons (Fsp3) is 0.885. The predicted octanol–water partition coefficient (Wildman–Crippen LogP) is -15.5. The molecule has 0 aromatic carbocycles. The van der Waals surface area contributed by atoms with Crippen LogP contribution >= 0.6 is 19.6 Å². The molecule has 50 nitrogen and oxygen atoms in total. The molecule has 0 spiro atoms. The summed E-state index contributed by atoms with van der Waals surface area (Å²) in [5, 5.41) is 230. The smallest absolute Gasteiger partial charge is 0.454 e. The monoisotopic (exact) mass is 1720 g/mol. The highest BCUT2D eigenvalue weighted by Gasteiger charge is 2.62. The lowest BCUT2D eigenvalue weighted by Gasteiger charge is -2.50. The number of thioether (sulfide) groups is 1. The molecule has 1 amide bonds. The Hall–Kier alpha value is -4.03. The molecule has 115 heavy (non-hydrogen) atoms. The van der Waals surface area contributed by atoms with Gasteiger partial charge < -0.3 is 204 Å². The van der Waals surface area contributed by atoms with Gasteiger partial charge in [0, 0.05) is 24.2 Å². The molecule has 15 unspecified atom stereocenters.